The van der Waals surface area contributed by atoms with Gasteiger partial charge in [-0.1, -0.05) is 24.3 Å². The fraction of sp³-hybridized carbons (Fsp3) is 0.200. The van der Waals surface area contributed by atoms with Gasteiger partial charge in [0.15, 0.2) is 0 Å². The van der Waals surface area contributed by atoms with E-state index in [9.17, 15) is 4.79 Å². The molecule has 0 unspecified atom stereocenters. The highest BCUT2D eigenvalue weighted by Crippen LogP contribution is 2.29. The number of methoxy groups -OCH3 is 1. The summed E-state index contributed by atoms with van der Waals surface area (Å²) >= 11 is 0. The molecular formula is C20H18N2O2. The average Bonchev–Trinajstić information content (AvgIpc) is 2.67. The summed E-state index contributed by atoms with van der Waals surface area (Å²) in [4.78, 5) is 18.6. The Kier molecular flexibility index (Phi) is 3.65. The van der Waals surface area contributed by atoms with Crippen molar-refractivity contribution < 1.29 is 9.53 Å². The minimum Gasteiger partial charge on any atom is -0.465 e. The first-order chi connectivity index (χ1) is 11.8. The monoisotopic (exact) mass is 318 g/mol. The predicted octanol–water partition coefficient (Wildman–Crippen LogP) is 3.58. The Labute approximate surface area is 140 Å². The maximum absolute atomic E-state index is 11.7. The van der Waals surface area contributed by atoms with E-state index in [2.05, 4.69) is 28.1 Å². The minimum atomic E-state index is -0.304. The van der Waals surface area contributed by atoms with Crippen molar-refractivity contribution in [2.45, 2.75) is 13.0 Å². The van der Waals surface area contributed by atoms with Crippen LogP contribution < -0.4 is 4.90 Å². The number of hydrogen-bond acceptors (Lipinski definition) is 4. The number of aromatic nitrogens is 1. The lowest BCUT2D eigenvalue weighted by molar-refractivity contribution is 0.0601. The number of fused-ring (bicyclic) bond motifs is 3. The summed E-state index contributed by atoms with van der Waals surface area (Å²) < 4.78 is 4.82. The van der Waals surface area contributed by atoms with Gasteiger partial charge in [0.05, 0.1) is 18.2 Å². The lowest BCUT2D eigenvalue weighted by Crippen LogP contribution is -2.30. The van der Waals surface area contributed by atoms with Crippen LogP contribution in [0.2, 0.25) is 0 Å². The number of esters is 1. The van der Waals surface area contributed by atoms with Crippen LogP contribution in [0.4, 0.5) is 5.69 Å². The Hall–Kier alpha value is -2.88. The van der Waals surface area contributed by atoms with Crippen molar-refractivity contribution in [1.82, 2.24) is 4.98 Å². The van der Waals surface area contributed by atoms with Crippen molar-refractivity contribution in [2.24, 2.45) is 0 Å². The fourth-order valence-electron chi connectivity index (χ4n) is 3.37. The summed E-state index contributed by atoms with van der Waals surface area (Å²) in [5.74, 6) is -0.304. The Bertz CT molecular complexity index is 920. The van der Waals surface area contributed by atoms with Gasteiger partial charge in [-0.05, 0) is 41.8 Å². The van der Waals surface area contributed by atoms with Gasteiger partial charge in [-0.2, -0.15) is 0 Å². The zero-order valence-corrected chi connectivity index (χ0v) is 13.5. The molecule has 4 rings (SSSR count). The molecule has 0 fully saturated rings. The van der Waals surface area contributed by atoms with Crippen molar-refractivity contribution in [3.05, 3.63) is 71.4 Å². The molecule has 0 aliphatic carbocycles. The third-order valence-electron chi connectivity index (χ3n) is 4.60. The molecule has 4 nitrogen and oxygen atoms in total. The molecule has 3 aromatic rings. The standard InChI is InChI=1S/C20H18N2O2/c1-24-20(23)14-5-4-6-16(11-14)22-10-9-17-15(13-22)12-21-19-8-3-2-7-18(17)19/h2-8,11-12H,9-10,13H2,1H3. The lowest BCUT2D eigenvalue weighted by atomic mass is 9.96. The van der Waals surface area contributed by atoms with Gasteiger partial charge in [-0.3, -0.25) is 4.98 Å². The van der Waals surface area contributed by atoms with Crippen molar-refractivity contribution in [3.8, 4) is 0 Å². The van der Waals surface area contributed by atoms with Crippen LogP contribution in [0.3, 0.4) is 0 Å². The predicted molar refractivity (Wildman–Crippen MR) is 94.3 cm³/mol. The van der Waals surface area contributed by atoms with E-state index in [0.29, 0.717) is 5.56 Å². The maximum Gasteiger partial charge on any atom is 0.337 e. The number of ether oxygens (including phenoxy) is 1. The van der Waals surface area contributed by atoms with Crippen LogP contribution in [0.5, 0.6) is 0 Å². The maximum atomic E-state index is 11.7. The normalized spacial score (nSPS) is 13.6. The Morgan fingerprint density at radius 1 is 1.17 bits per heavy atom. The topological polar surface area (TPSA) is 42.4 Å². The molecule has 1 aliphatic heterocycles. The molecule has 1 aromatic heterocycles. The van der Waals surface area contributed by atoms with E-state index in [-0.39, 0.29) is 5.97 Å². The first kappa shape index (κ1) is 14.7. The molecule has 0 amide bonds. The molecule has 24 heavy (non-hydrogen) atoms. The first-order valence-electron chi connectivity index (χ1n) is 8.05. The highest BCUT2D eigenvalue weighted by atomic mass is 16.5. The number of carbonyl (C=O) groups is 1. The van der Waals surface area contributed by atoms with Gasteiger partial charge in [-0.25, -0.2) is 4.79 Å². The van der Waals surface area contributed by atoms with Gasteiger partial charge >= 0.3 is 5.97 Å². The molecule has 0 spiro atoms. The van der Waals surface area contributed by atoms with Gasteiger partial charge in [0.25, 0.3) is 0 Å². The van der Waals surface area contributed by atoms with Crippen LogP contribution in [-0.4, -0.2) is 24.6 Å². The number of benzene rings is 2. The molecule has 0 atom stereocenters. The molecule has 0 saturated heterocycles. The molecule has 0 bridgehead atoms. The zero-order valence-electron chi connectivity index (χ0n) is 13.5. The van der Waals surface area contributed by atoms with E-state index in [1.54, 1.807) is 6.07 Å². The number of carbonyl (C=O) groups excluding carboxylic acids is 1. The molecule has 2 aromatic carbocycles. The van der Waals surface area contributed by atoms with Crippen LogP contribution >= 0.6 is 0 Å². The number of pyridine rings is 1. The molecule has 1 aliphatic rings. The quantitative estimate of drug-likeness (QED) is 0.677. The van der Waals surface area contributed by atoms with Crippen molar-refractivity contribution in [3.63, 3.8) is 0 Å². The summed E-state index contributed by atoms with van der Waals surface area (Å²) in [6.07, 6.45) is 2.95. The molecule has 0 radical (unpaired) electrons. The Balaban J connectivity index is 1.67. The Morgan fingerprint density at radius 2 is 2.04 bits per heavy atom. The molecule has 120 valence electrons. The smallest absolute Gasteiger partial charge is 0.337 e. The average molecular weight is 318 g/mol. The largest absolute Gasteiger partial charge is 0.465 e. The number of para-hydroxylation sites is 1. The van der Waals surface area contributed by atoms with Crippen molar-refractivity contribution >= 4 is 22.6 Å². The number of rotatable bonds is 2. The minimum absolute atomic E-state index is 0.304. The van der Waals surface area contributed by atoms with Crippen molar-refractivity contribution in [2.75, 3.05) is 18.6 Å². The third-order valence-corrected chi connectivity index (χ3v) is 4.60. The van der Waals surface area contributed by atoms with E-state index >= 15 is 0 Å². The SMILES string of the molecule is COC(=O)c1cccc(N2CCc3c(cnc4ccccc34)C2)c1. The van der Waals surface area contributed by atoms with E-state index < -0.39 is 0 Å². The lowest BCUT2D eigenvalue weighted by Gasteiger charge is -2.31. The number of nitrogens with zero attached hydrogens (tertiary/aromatic N) is 2. The molecule has 2 heterocycles. The van der Waals surface area contributed by atoms with Crippen LogP contribution in [0, 0.1) is 0 Å². The third kappa shape index (κ3) is 2.50. The Morgan fingerprint density at radius 3 is 2.92 bits per heavy atom. The van der Waals surface area contributed by atoms with Gasteiger partial charge in [-0.15, -0.1) is 0 Å². The van der Waals surface area contributed by atoms with Crippen LogP contribution in [0.25, 0.3) is 10.9 Å². The first-order valence-corrected chi connectivity index (χ1v) is 8.05. The van der Waals surface area contributed by atoms with Gasteiger partial charge < -0.3 is 9.64 Å². The van der Waals surface area contributed by atoms with Crippen LogP contribution in [0.15, 0.2) is 54.7 Å². The molecule has 0 saturated carbocycles. The second-order valence-electron chi connectivity index (χ2n) is 5.99. The highest BCUT2D eigenvalue weighted by Gasteiger charge is 2.20. The van der Waals surface area contributed by atoms with Crippen LogP contribution in [0.1, 0.15) is 21.5 Å². The van der Waals surface area contributed by atoms with Gasteiger partial charge in [0, 0.05) is 30.4 Å². The molecule has 4 heteroatoms. The van der Waals surface area contributed by atoms with E-state index in [1.165, 1.54) is 23.6 Å². The van der Waals surface area contributed by atoms with Gasteiger partial charge in [0.1, 0.15) is 0 Å². The van der Waals surface area contributed by atoms with Crippen molar-refractivity contribution in [1.29, 1.82) is 0 Å². The molecule has 0 N–H and O–H groups in total. The fourth-order valence-corrected chi connectivity index (χ4v) is 3.37. The van der Waals surface area contributed by atoms with E-state index in [4.69, 9.17) is 4.74 Å². The summed E-state index contributed by atoms with van der Waals surface area (Å²) in [7, 11) is 1.41. The van der Waals surface area contributed by atoms with E-state index in [1.807, 2.05) is 30.5 Å². The van der Waals surface area contributed by atoms with E-state index in [0.717, 1.165) is 30.7 Å². The summed E-state index contributed by atoms with van der Waals surface area (Å²) in [6, 6.07) is 15.9. The van der Waals surface area contributed by atoms with Crippen LogP contribution in [-0.2, 0) is 17.7 Å². The zero-order chi connectivity index (χ0) is 16.5. The number of anilines is 1. The second kappa shape index (κ2) is 5.96. The summed E-state index contributed by atoms with van der Waals surface area (Å²) in [5.41, 5.74) is 5.32. The highest BCUT2D eigenvalue weighted by molar-refractivity contribution is 5.90. The number of hydrogen-bond donors (Lipinski definition) is 0. The molecular weight excluding hydrogens is 300 g/mol. The van der Waals surface area contributed by atoms with Gasteiger partial charge in [0.2, 0.25) is 0 Å². The summed E-state index contributed by atoms with van der Waals surface area (Å²) in [6.45, 7) is 1.73. The summed E-state index contributed by atoms with van der Waals surface area (Å²) in [5, 5.41) is 1.25. The second-order valence-corrected chi connectivity index (χ2v) is 5.99.